The van der Waals surface area contributed by atoms with Crippen molar-refractivity contribution in [3.05, 3.63) is 29.3 Å². The van der Waals surface area contributed by atoms with Crippen LogP contribution in [0.3, 0.4) is 0 Å². The van der Waals surface area contributed by atoms with Crippen molar-refractivity contribution in [2.75, 3.05) is 18.4 Å². The fourth-order valence-corrected chi connectivity index (χ4v) is 1.86. The molecule has 1 aromatic rings. The van der Waals surface area contributed by atoms with Crippen molar-refractivity contribution < 1.29 is 18.0 Å². The molecule has 1 rings (SSSR count). The molecule has 0 bridgehead atoms. The van der Waals surface area contributed by atoms with Crippen LogP contribution < -0.4 is 10.6 Å². The van der Waals surface area contributed by atoms with Crippen LogP contribution in [-0.4, -0.2) is 25.2 Å². The molecule has 0 radical (unpaired) electrons. The third-order valence-corrected chi connectivity index (χ3v) is 2.98. The molecule has 2 N–H and O–H groups in total. The van der Waals surface area contributed by atoms with Crippen molar-refractivity contribution in [1.82, 2.24) is 5.32 Å². The van der Waals surface area contributed by atoms with Gasteiger partial charge in [0.1, 0.15) is 0 Å². The average molecular weight is 302 g/mol. The second kappa shape index (κ2) is 7.90. The van der Waals surface area contributed by atoms with Gasteiger partial charge in [0.05, 0.1) is 0 Å². The predicted octanol–water partition coefficient (Wildman–Crippen LogP) is 3.89. The normalized spacial score (nSPS) is 11.3. The third-order valence-electron chi connectivity index (χ3n) is 2.98. The second-order valence-electron chi connectivity index (χ2n) is 4.93. The Morgan fingerprint density at radius 3 is 2.52 bits per heavy atom. The summed E-state index contributed by atoms with van der Waals surface area (Å²) in [6, 6.07) is 5.22. The van der Waals surface area contributed by atoms with Crippen LogP contribution in [0.25, 0.3) is 0 Å². The maximum Gasteiger partial charge on any atom is 0.389 e. The van der Waals surface area contributed by atoms with Crippen LogP contribution in [0.15, 0.2) is 18.2 Å². The number of nitrogens with one attached hydrogen (secondary N) is 2. The number of carbonyl (C=O) groups excluding carboxylic acids is 1. The van der Waals surface area contributed by atoms with E-state index < -0.39 is 12.6 Å². The van der Waals surface area contributed by atoms with E-state index in [0.29, 0.717) is 5.56 Å². The van der Waals surface area contributed by atoms with Gasteiger partial charge in [0, 0.05) is 30.8 Å². The average Bonchev–Trinajstić information content (AvgIpc) is 2.41. The first-order valence-corrected chi connectivity index (χ1v) is 7.03. The highest BCUT2D eigenvalue weighted by atomic mass is 19.4. The maximum absolute atomic E-state index is 12.0. The van der Waals surface area contributed by atoms with Gasteiger partial charge < -0.3 is 10.6 Å². The summed E-state index contributed by atoms with van der Waals surface area (Å²) >= 11 is 0. The van der Waals surface area contributed by atoms with Gasteiger partial charge in [0.2, 0.25) is 0 Å². The molecule has 1 amide bonds. The van der Waals surface area contributed by atoms with Crippen LogP contribution in [0.2, 0.25) is 0 Å². The number of anilines is 1. The first-order valence-electron chi connectivity index (χ1n) is 7.03. The highest BCUT2D eigenvalue weighted by Gasteiger charge is 2.26. The summed E-state index contributed by atoms with van der Waals surface area (Å²) in [7, 11) is 0. The van der Waals surface area contributed by atoms with Gasteiger partial charge in [-0.15, -0.1) is 0 Å². The zero-order valence-corrected chi connectivity index (χ0v) is 12.3. The SMILES string of the molecule is CCCNc1ccc(C(=O)NCCCC(F)(F)F)cc1C. The molecule has 0 saturated carbocycles. The Labute approximate surface area is 122 Å². The summed E-state index contributed by atoms with van der Waals surface area (Å²) in [5, 5.41) is 5.74. The number of rotatable bonds is 7. The minimum atomic E-state index is -4.17. The van der Waals surface area contributed by atoms with E-state index in [9.17, 15) is 18.0 Å². The molecule has 3 nitrogen and oxygen atoms in total. The van der Waals surface area contributed by atoms with Crippen molar-refractivity contribution in [1.29, 1.82) is 0 Å². The quantitative estimate of drug-likeness (QED) is 0.750. The van der Waals surface area contributed by atoms with Crippen molar-refractivity contribution in [2.24, 2.45) is 0 Å². The Morgan fingerprint density at radius 1 is 1.24 bits per heavy atom. The Bertz CT molecular complexity index is 472. The van der Waals surface area contributed by atoms with Gasteiger partial charge in [-0.3, -0.25) is 4.79 Å². The fraction of sp³-hybridized carbons (Fsp3) is 0.533. The molecule has 0 spiro atoms. The van der Waals surface area contributed by atoms with Crippen LogP contribution in [0.1, 0.15) is 42.1 Å². The highest BCUT2D eigenvalue weighted by Crippen LogP contribution is 2.21. The van der Waals surface area contributed by atoms with Gasteiger partial charge in [-0.2, -0.15) is 13.2 Å². The summed E-state index contributed by atoms with van der Waals surface area (Å²) in [6.45, 7) is 4.82. The van der Waals surface area contributed by atoms with Gasteiger partial charge in [-0.1, -0.05) is 6.92 Å². The first kappa shape index (κ1) is 17.3. The lowest BCUT2D eigenvalue weighted by molar-refractivity contribution is -0.135. The van der Waals surface area contributed by atoms with E-state index in [1.165, 1.54) is 0 Å². The van der Waals surface area contributed by atoms with Crippen LogP contribution in [-0.2, 0) is 0 Å². The Morgan fingerprint density at radius 2 is 1.95 bits per heavy atom. The molecular formula is C15H21F3N2O. The molecule has 6 heteroatoms. The molecule has 0 saturated heterocycles. The van der Waals surface area contributed by atoms with Crippen LogP contribution in [0.5, 0.6) is 0 Å². The molecule has 0 heterocycles. The smallest absolute Gasteiger partial charge is 0.385 e. The summed E-state index contributed by atoms with van der Waals surface area (Å²) in [4.78, 5) is 11.8. The van der Waals surface area contributed by atoms with Crippen LogP contribution in [0.4, 0.5) is 18.9 Å². The van der Waals surface area contributed by atoms with E-state index in [0.717, 1.165) is 24.2 Å². The predicted molar refractivity (Wildman–Crippen MR) is 77.6 cm³/mol. The largest absolute Gasteiger partial charge is 0.389 e. The van der Waals surface area contributed by atoms with Gasteiger partial charge in [-0.05, 0) is 43.5 Å². The van der Waals surface area contributed by atoms with Crippen molar-refractivity contribution in [2.45, 2.75) is 39.3 Å². The van der Waals surface area contributed by atoms with Crippen LogP contribution >= 0.6 is 0 Å². The lowest BCUT2D eigenvalue weighted by Crippen LogP contribution is -2.25. The van der Waals surface area contributed by atoms with Crippen LogP contribution in [0, 0.1) is 6.92 Å². The summed E-state index contributed by atoms with van der Waals surface area (Å²) in [5.41, 5.74) is 2.36. The standard InChI is InChI=1S/C15H21F3N2O/c1-3-8-19-13-6-5-12(10-11(13)2)14(21)20-9-4-7-15(16,17)18/h5-6,10,19H,3-4,7-9H2,1-2H3,(H,20,21). The van der Waals surface area contributed by atoms with E-state index in [-0.39, 0.29) is 18.9 Å². The second-order valence-corrected chi connectivity index (χ2v) is 4.93. The summed E-state index contributed by atoms with van der Waals surface area (Å²) in [6.07, 6.45) is -4.16. The molecule has 0 aromatic heterocycles. The molecule has 1 aromatic carbocycles. The molecule has 21 heavy (non-hydrogen) atoms. The van der Waals surface area contributed by atoms with Gasteiger partial charge in [0.15, 0.2) is 0 Å². The third kappa shape index (κ3) is 6.51. The van der Waals surface area contributed by atoms with Crippen molar-refractivity contribution in [3.63, 3.8) is 0 Å². The Kier molecular flexibility index (Phi) is 6.52. The topological polar surface area (TPSA) is 41.1 Å². The van der Waals surface area contributed by atoms with Gasteiger partial charge >= 0.3 is 6.18 Å². The van der Waals surface area contributed by atoms with E-state index in [1.807, 2.05) is 13.0 Å². The number of hydrogen-bond acceptors (Lipinski definition) is 2. The lowest BCUT2D eigenvalue weighted by atomic mass is 10.1. The molecule has 0 aliphatic carbocycles. The highest BCUT2D eigenvalue weighted by molar-refractivity contribution is 5.94. The van der Waals surface area contributed by atoms with Gasteiger partial charge in [-0.25, -0.2) is 0 Å². The van der Waals surface area contributed by atoms with Crippen molar-refractivity contribution in [3.8, 4) is 0 Å². The zero-order chi connectivity index (χ0) is 15.9. The number of carbonyl (C=O) groups is 1. The molecule has 0 unspecified atom stereocenters. The minimum Gasteiger partial charge on any atom is -0.385 e. The Balaban J connectivity index is 2.49. The van der Waals surface area contributed by atoms with Crippen molar-refractivity contribution >= 4 is 11.6 Å². The number of alkyl halides is 3. The Hall–Kier alpha value is -1.72. The van der Waals surface area contributed by atoms with E-state index in [4.69, 9.17) is 0 Å². The summed E-state index contributed by atoms with van der Waals surface area (Å²) < 4.78 is 35.9. The fourth-order valence-electron chi connectivity index (χ4n) is 1.86. The minimum absolute atomic E-state index is 0.0211. The number of hydrogen-bond donors (Lipinski definition) is 2. The van der Waals surface area contributed by atoms with E-state index in [1.54, 1.807) is 12.1 Å². The zero-order valence-electron chi connectivity index (χ0n) is 12.3. The number of benzene rings is 1. The molecule has 0 aliphatic heterocycles. The number of aryl methyl sites for hydroxylation is 1. The van der Waals surface area contributed by atoms with E-state index >= 15 is 0 Å². The first-order chi connectivity index (χ1) is 9.83. The number of amides is 1. The maximum atomic E-state index is 12.0. The van der Waals surface area contributed by atoms with Gasteiger partial charge in [0.25, 0.3) is 5.91 Å². The number of halogens is 3. The molecule has 118 valence electrons. The van der Waals surface area contributed by atoms with E-state index in [2.05, 4.69) is 17.6 Å². The molecule has 0 aliphatic rings. The monoisotopic (exact) mass is 302 g/mol. The molecule has 0 atom stereocenters. The summed E-state index contributed by atoms with van der Waals surface area (Å²) in [5.74, 6) is -0.345. The molecular weight excluding hydrogens is 281 g/mol. The lowest BCUT2D eigenvalue weighted by Gasteiger charge is -2.11. The molecule has 0 fully saturated rings.